The second-order valence-electron chi connectivity index (χ2n) is 6.53. The van der Waals surface area contributed by atoms with Crippen LogP contribution in [0.25, 0.3) is 11.1 Å². The van der Waals surface area contributed by atoms with Gasteiger partial charge in [0.1, 0.15) is 11.3 Å². The molecule has 0 radical (unpaired) electrons. The number of amides is 1. The van der Waals surface area contributed by atoms with Crippen LogP contribution in [0.4, 0.5) is 0 Å². The van der Waals surface area contributed by atoms with Gasteiger partial charge in [0.2, 0.25) is 5.91 Å². The minimum absolute atomic E-state index is 0.0582. The molecule has 1 atom stereocenters. The SMILES string of the molecule is COc1cccnc1CC(=O)N1CCCC(c2nc3ccccc3o2)C1. The lowest BCUT2D eigenvalue weighted by atomic mass is 9.97. The van der Waals surface area contributed by atoms with Crippen molar-refractivity contribution in [2.24, 2.45) is 0 Å². The highest BCUT2D eigenvalue weighted by Crippen LogP contribution is 2.29. The molecule has 134 valence electrons. The molecule has 1 aliphatic heterocycles. The van der Waals surface area contributed by atoms with E-state index in [9.17, 15) is 4.79 Å². The Morgan fingerprint density at radius 2 is 2.19 bits per heavy atom. The van der Waals surface area contributed by atoms with Crippen LogP contribution in [0.15, 0.2) is 47.0 Å². The summed E-state index contributed by atoms with van der Waals surface area (Å²) in [6.07, 6.45) is 3.84. The molecule has 1 unspecified atom stereocenters. The van der Waals surface area contributed by atoms with Crippen LogP contribution < -0.4 is 4.74 Å². The number of methoxy groups -OCH3 is 1. The molecule has 0 saturated carbocycles. The lowest BCUT2D eigenvalue weighted by Gasteiger charge is -2.31. The van der Waals surface area contributed by atoms with E-state index in [2.05, 4.69) is 9.97 Å². The largest absolute Gasteiger partial charge is 0.495 e. The standard InChI is InChI=1S/C20H21N3O3/c1-25-17-9-4-10-21-16(17)12-19(24)23-11-5-6-14(13-23)20-22-15-7-2-3-8-18(15)26-20/h2-4,7-10,14H,5-6,11-13H2,1H3. The van der Waals surface area contributed by atoms with Crippen LogP contribution in [0, 0.1) is 0 Å². The molecule has 1 aromatic carbocycles. The number of carbonyl (C=O) groups is 1. The molecular weight excluding hydrogens is 330 g/mol. The number of aromatic nitrogens is 2. The highest BCUT2D eigenvalue weighted by Gasteiger charge is 2.28. The van der Waals surface area contributed by atoms with E-state index in [1.165, 1.54) is 0 Å². The first kappa shape index (κ1) is 16.6. The Kier molecular flexibility index (Phi) is 4.56. The third kappa shape index (κ3) is 3.27. The summed E-state index contributed by atoms with van der Waals surface area (Å²) >= 11 is 0. The summed E-state index contributed by atoms with van der Waals surface area (Å²) in [5, 5.41) is 0. The fourth-order valence-electron chi connectivity index (χ4n) is 3.47. The van der Waals surface area contributed by atoms with Gasteiger partial charge in [-0.25, -0.2) is 4.98 Å². The molecule has 1 saturated heterocycles. The zero-order valence-electron chi connectivity index (χ0n) is 14.7. The van der Waals surface area contributed by atoms with E-state index in [1.807, 2.05) is 35.2 Å². The second-order valence-corrected chi connectivity index (χ2v) is 6.53. The van der Waals surface area contributed by atoms with Gasteiger partial charge in [-0.05, 0) is 37.1 Å². The van der Waals surface area contributed by atoms with E-state index in [0.29, 0.717) is 18.0 Å². The van der Waals surface area contributed by atoms with Crippen LogP contribution in [0.5, 0.6) is 5.75 Å². The van der Waals surface area contributed by atoms with Crippen LogP contribution in [0.3, 0.4) is 0 Å². The van der Waals surface area contributed by atoms with Crippen molar-refractivity contribution in [1.82, 2.24) is 14.9 Å². The van der Waals surface area contributed by atoms with Crippen molar-refractivity contribution in [3.05, 3.63) is 54.2 Å². The topological polar surface area (TPSA) is 68.5 Å². The van der Waals surface area contributed by atoms with Gasteiger partial charge >= 0.3 is 0 Å². The zero-order valence-corrected chi connectivity index (χ0v) is 14.7. The highest BCUT2D eigenvalue weighted by atomic mass is 16.5. The number of piperidine rings is 1. The van der Waals surface area contributed by atoms with Crippen molar-refractivity contribution >= 4 is 17.0 Å². The summed E-state index contributed by atoms with van der Waals surface area (Å²) < 4.78 is 11.2. The molecule has 3 heterocycles. The number of fused-ring (bicyclic) bond motifs is 1. The number of hydrogen-bond acceptors (Lipinski definition) is 5. The molecule has 26 heavy (non-hydrogen) atoms. The maximum Gasteiger partial charge on any atom is 0.228 e. The number of pyridine rings is 1. The lowest BCUT2D eigenvalue weighted by Crippen LogP contribution is -2.40. The van der Waals surface area contributed by atoms with Gasteiger partial charge in [-0.15, -0.1) is 0 Å². The summed E-state index contributed by atoms with van der Waals surface area (Å²) in [5.41, 5.74) is 2.33. The zero-order chi connectivity index (χ0) is 17.9. The Morgan fingerprint density at radius 3 is 3.04 bits per heavy atom. The number of para-hydroxylation sites is 2. The Morgan fingerprint density at radius 1 is 1.31 bits per heavy atom. The predicted molar refractivity (Wildman–Crippen MR) is 97.1 cm³/mol. The Bertz CT molecular complexity index is 888. The average Bonchev–Trinajstić information content (AvgIpc) is 3.13. The summed E-state index contributed by atoms with van der Waals surface area (Å²) in [7, 11) is 1.59. The normalized spacial score (nSPS) is 17.4. The highest BCUT2D eigenvalue weighted by molar-refractivity contribution is 5.79. The lowest BCUT2D eigenvalue weighted by molar-refractivity contribution is -0.131. The van der Waals surface area contributed by atoms with Crippen LogP contribution in [-0.2, 0) is 11.2 Å². The third-order valence-electron chi connectivity index (χ3n) is 4.82. The van der Waals surface area contributed by atoms with Gasteiger partial charge < -0.3 is 14.1 Å². The van der Waals surface area contributed by atoms with Gasteiger partial charge in [0.25, 0.3) is 0 Å². The van der Waals surface area contributed by atoms with E-state index < -0.39 is 0 Å². The van der Waals surface area contributed by atoms with Gasteiger partial charge in [0.15, 0.2) is 11.5 Å². The summed E-state index contributed by atoms with van der Waals surface area (Å²) in [4.78, 5) is 23.5. The third-order valence-corrected chi connectivity index (χ3v) is 4.82. The van der Waals surface area contributed by atoms with Crippen LogP contribution in [0.1, 0.15) is 30.3 Å². The second kappa shape index (κ2) is 7.15. The first-order chi connectivity index (χ1) is 12.7. The molecule has 1 aliphatic rings. The molecule has 0 bridgehead atoms. The Balaban J connectivity index is 1.48. The van der Waals surface area contributed by atoms with Crippen LogP contribution in [0.2, 0.25) is 0 Å². The maximum absolute atomic E-state index is 12.8. The van der Waals surface area contributed by atoms with Crippen LogP contribution in [-0.4, -0.2) is 41.0 Å². The number of rotatable bonds is 4. The molecule has 2 aromatic heterocycles. The molecular formula is C20H21N3O3. The summed E-state index contributed by atoms with van der Waals surface area (Å²) in [6.45, 7) is 1.38. The number of benzene rings is 1. The predicted octanol–water partition coefficient (Wildman–Crippen LogP) is 3.18. The smallest absolute Gasteiger partial charge is 0.228 e. The van der Waals surface area contributed by atoms with Crippen LogP contribution >= 0.6 is 0 Å². The van der Waals surface area contributed by atoms with E-state index in [4.69, 9.17) is 9.15 Å². The Labute approximate surface area is 151 Å². The Hall–Kier alpha value is -2.89. The van der Waals surface area contributed by atoms with Gasteiger partial charge in [0, 0.05) is 19.3 Å². The fourth-order valence-corrected chi connectivity index (χ4v) is 3.47. The summed E-state index contributed by atoms with van der Waals surface area (Å²) in [6, 6.07) is 11.4. The molecule has 0 aliphatic carbocycles. The summed E-state index contributed by atoms with van der Waals surface area (Å²) in [5.74, 6) is 1.56. The molecule has 1 fully saturated rings. The first-order valence-corrected chi connectivity index (χ1v) is 8.85. The molecule has 0 N–H and O–H groups in total. The van der Waals surface area contributed by atoms with Crippen molar-refractivity contribution in [2.45, 2.75) is 25.2 Å². The van der Waals surface area contributed by atoms with E-state index in [1.54, 1.807) is 19.4 Å². The number of nitrogens with zero attached hydrogens (tertiary/aromatic N) is 3. The van der Waals surface area contributed by atoms with Crippen molar-refractivity contribution in [3.63, 3.8) is 0 Å². The van der Waals surface area contributed by atoms with Gasteiger partial charge in [0.05, 0.1) is 25.1 Å². The number of carbonyl (C=O) groups excluding carboxylic acids is 1. The monoisotopic (exact) mass is 351 g/mol. The molecule has 6 heteroatoms. The number of hydrogen-bond donors (Lipinski definition) is 0. The molecule has 6 nitrogen and oxygen atoms in total. The molecule has 0 spiro atoms. The number of likely N-dealkylation sites (tertiary alicyclic amines) is 1. The van der Waals surface area contributed by atoms with E-state index in [-0.39, 0.29) is 18.2 Å². The van der Waals surface area contributed by atoms with Crippen molar-refractivity contribution in [3.8, 4) is 5.75 Å². The number of ether oxygens (including phenoxy) is 1. The fraction of sp³-hybridized carbons (Fsp3) is 0.350. The van der Waals surface area contributed by atoms with E-state index in [0.717, 1.165) is 36.4 Å². The maximum atomic E-state index is 12.8. The molecule has 1 amide bonds. The minimum atomic E-state index is 0.0582. The van der Waals surface area contributed by atoms with E-state index >= 15 is 0 Å². The van der Waals surface area contributed by atoms with Crippen molar-refractivity contribution < 1.29 is 13.9 Å². The minimum Gasteiger partial charge on any atom is -0.495 e. The molecule has 3 aromatic rings. The first-order valence-electron chi connectivity index (χ1n) is 8.85. The van der Waals surface area contributed by atoms with Crippen molar-refractivity contribution in [1.29, 1.82) is 0 Å². The quantitative estimate of drug-likeness (QED) is 0.722. The van der Waals surface area contributed by atoms with Gasteiger partial charge in [-0.1, -0.05) is 12.1 Å². The number of oxazole rings is 1. The average molecular weight is 351 g/mol. The molecule has 4 rings (SSSR count). The van der Waals surface area contributed by atoms with Gasteiger partial charge in [-0.3, -0.25) is 9.78 Å². The van der Waals surface area contributed by atoms with Gasteiger partial charge in [-0.2, -0.15) is 0 Å². The van der Waals surface area contributed by atoms with Crippen molar-refractivity contribution in [2.75, 3.05) is 20.2 Å².